The van der Waals surface area contributed by atoms with Gasteiger partial charge in [0, 0.05) is 23.9 Å². The van der Waals surface area contributed by atoms with Gasteiger partial charge in [0.2, 0.25) is 5.91 Å². The van der Waals surface area contributed by atoms with E-state index in [0.29, 0.717) is 42.8 Å². The Bertz CT molecular complexity index is 1020. The lowest BCUT2D eigenvalue weighted by atomic mass is 9.82. The molecule has 7 heteroatoms. The monoisotopic (exact) mass is 424 g/mol. The van der Waals surface area contributed by atoms with Crippen molar-refractivity contribution in [2.24, 2.45) is 5.41 Å². The Morgan fingerprint density at radius 2 is 1.97 bits per heavy atom. The molecule has 7 nitrogen and oxygen atoms in total. The number of para-hydroxylation sites is 1. The minimum absolute atomic E-state index is 0.0379. The molecule has 2 heterocycles. The number of nitrogens with zero attached hydrogens (tertiary/aromatic N) is 1. The molecule has 1 unspecified atom stereocenters. The Morgan fingerprint density at radius 3 is 2.77 bits per heavy atom. The average molecular weight is 424 g/mol. The third-order valence-corrected chi connectivity index (χ3v) is 6.11. The van der Waals surface area contributed by atoms with Crippen molar-refractivity contribution in [3.05, 3.63) is 47.5 Å². The molecule has 31 heavy (non-hydrogen) atoms. The molecular formula is C24H28N2O5. The van der Waals surface area contributed by atoms with Gasteiger partial charge in [0.25, 0.3) is 5.91 Å². The first-order valence-electron chi connectivity index (χ1n) is 10.6. The number of benzene rings is 2. The highest BCUT2D eigenvalue weighted by atomic mass is 16.5. The topological polar surface area (TPSA) is 99.1 Å². The highest BCUT2D eigenvalue weighted by molar-refractivity contribution is 6.01. The summed E-state index contributed by atoms with van der Waals surface area (Å²) >= 11 is 0. The van der Waals surface area contributed by atoms with Gasteiger partial charge in [-0.25, -0.2) is 0 Å². The minimum Gasteiger partial charge on any atom is -0.508 e. The van der Waals surface area contributed by atoms with E-state index in [9.17, 15) is 19.8 Å². The number of carbonyl (C=O) groups excluding carboxylic acids is 2. The van der Waals surface area contributed by atoms with Crippen molar-refractivity contribution in [3.63, 3.8) is 0 Å². The number of aliphatic hydroxyl groups is 1. The van der Waals surface area contributed by atoms with Crippen LogP contribution in [-0.2, 0) is 16.0 Å². The van der Waals surface area contributed by atoms with E-state index in [1.165, 1.54) is 12.1 Å². The molecule has 2 aliphatic rings. The number of amides is 2. The SMILES string of the molecule is CC(C)(CCC(O)c1cc(O)cc2c1OCC(=O)N2)CCN1C(=O)Cc2ccccc21. The van der Waals surface area contributed by atoms with E-state index in [-0.39, 0.29) is 29.6 Å². The summed E-state index contributed by atoms with van der Waals surface area (Å²) in [6.07, 6.45) is 1.59. The number of fused-ring (bicyclic) bond motifs is 2. The van der Waals surface area contributed by atoms with Crippen LogP contribution in [0.25, 0.3) is 0 Å². The van der Waals surface area contributed by atoms with Gasteiger partial charge in [-0.05, 0) is 42.4 Å². The summed E-state index contributed by atoms with van der Waals surface area (Å²) in [7, 11) is 0. The summed E-state index contributed by atoms with van der Waals surface area (Å²) in [6, 6.07) is 10.8. The molecule has 2 aromatic rings. The molecule has 4 rings (SSSR count). The van der Waals surface area contributed by atoms with Crippen LogP contribution >= 0.6 is 0 Å². The second-order valence-electron chi connectivity index (χ2n) is 9.07. The number of phenolic OH excluding ortho intramolecular Hbond substituents is 1. The summed E-state index contributed by atoms with van der Waals surface area (Å²) in [5, 5.41) is 23.5. The molecule has 0 spiro atoms. The Kier molecular flexibility index (Phi) is 5.62. The van der Waals surface area contributed by atoms with E-state index in [4.69, 9.17) is 4.74 Å². The first kappa shape index (κ1) is 21.2. The zero-order valence-corrected chi connectivity index (χ0v) is 17.9. The van der Waals surface area contributed by atoms with E-state index in [2.05, 4.69) is 19.2 Å². The molecular weight excluding hydrogens is 396 g/mol. The lowest BCUT2D eigenvalue weighted by Gasteiger charge is -2.29. The smallest absolute Gasteiger partial charge is 0.262 e. The van der Waals surface area contributed by atoms with Gasteiger partial charge in [-0.3, -0.25) is 9.59 Å². The van der Waals surface area contributed by atoms with Crippen molar-refractivity contribution in [2.45, 2.75) is 45.6 Å². The predicted octanol–water partition coefficient (Wildman–Crippen LogP) is 3.54. The van der Waals surface area contributed by atoms with Gasteiger partial charge in [-0.1, -0.05) is 32.0 Å². The fraction of sp³-hybridized carbons (Fsp3) is 0.417. The molecule has 2 aromatic carbocycles. The van der Waals surface area contributed by atoms with Gasteiger partial charge in [0.15, 0.2) is 6.61 Å². The molecule has 2 aliphatic heterocycles. The Labute approximate surface area is 181 Å². The first-order valence-corrected chi connectivity index (χ1v) is 10.6. The number of aliphatic hydroxyl groups excluding tert-OH is 1. The quantitative estimate of drug-likeness (QED) is 0.631. The van der Waals surface area contributed by atoms with Crippen LogP contribution < -0.4 is 15.0 Å². The maximum absolute atomic E-state index is 12.4. The van der Waals surface area contributed by atoms with Gasteiger partial charge in [-0.2, -0.15) is 0 Å². The summed E-state index contributed by atoms with van der Waals surface area (Å²) in [6.45, 7) is 4.77. The van der Waals surface area contributed by atoms with Crippen LogP contribution in [0.3, 0.4) is 0 Å². The Balaban J connectivity index is 1.39. The zero-order valence-electron chi connectivity index (χ0n) is 17.9. The molecule has 0 saturated heterocycles. The highest BCUT2D eigenvalue weighted by Crippen LogP contribution is 2.41. The number of carbonyl (C=O) groups is 2. The third-order valence-electron chi connectivity index (χ3n) is 6.11. The molecule has 3 N–H and O–H groups in total. The van der Waals surface area contributed by atoms with Crippen LogP contribution in [-0.4, -0.2) is 35.2 Å². The molecule has 0 aliphatic carbocycles. The van der Waals surface area contributed by atoms with Crippen molar-refractivity contribution in [1.29, 1.82) is 0 Å². The predicted molar refractivity (Wildman–Crippen MR) is 117 cm³/mol. The van der Waals surface area contributed by atoms with Gasteiger partial charge >= 0.3 is 0 Å². The molecule has 2 amide bonds. The fourth-order valence-electron chi connectivity index (χ4n) is 4.24. The number of aromatic hydroxyl groups is 1. The van der Waals surface area contributed by atoms with Crippen molar-refractivity contribution >= 4 is 23.2 Å². The first-order chi connectivity index (χ1) is 14.7. The van der Waals surface area contributed by atoms with Crippen LogP contribution in [0.4, 0.5) is 11.4 Å². The molecule has 0 bridgehead atoms. The van der Waals surface area contributed by atoms with Gasteiger partial charge < -0.3 is 25.2 Å². The number of anilines is 2. The highest BCUT2D eigenvalue weighted by Gasteiger charge is 2.30. The van der Waals surface area contributed by atoms with Crippen molar-refractivity contribution in [3.8, 4) is 11.5 Å². The minimum atomic E-state index is -0.843. The van der Waals surface area contributed by atoms with E-state index in [1.54, 1.807) is 0 Å². The van der Waals surface area contributed by atoms with E-state index < -0.39 is 6.10 Å². The van der Waals surface area contributed by atoms with Crippen LogP contribution in [0.1, 0.15) is 50.3 Å². The normalized spacial score (nSPS) is 16.4. The second-order valence-corrected chi connectivity index (χ2v) is 9.07. The number of nitrogens with one attached hydrogen (secondary N) is 1. The third kappa shape index (κ3) is 4.51. The van der Waals surface area contributed by atoms with Gasteiger partial charge in [0.1, 0.15) is 11.5 Å². The molecule has 0 fully saturated rings. The average Bonchev–Trinajstić information content (AvgIpc) is 3.04. The lowest BCUT2D eigenvalue weighted by molar-refractivity contribution is -0.119. The van der Waals surface area contributed by atoms with Crippen LogP contribution in [0.5, 0.6) is 11.5 Å². The van der Waals surface area contributed by atoms with Crippen LogP contribution in [0, 0.1) is 5.41 Å². The zero-order chi connectivity index (χ0) is 22.2. The summed E-state index contributed by atoms with van der Waals surface area (Å²) in [5.41, 5.74) is 2.80. The molecule has 0 aromatic heterocycles. The molecule has 0 radical (unpaired) electrons. The second kappa shape index (κ2) is 8.23. The summed E-state index contributed by atoms with van der Waals surface area (Å²) in [5.74, 6) is 0.200. The number of rotatable bonds is 7. The van der Waals surface area contributed by atoms with Crippen LogP contribution in [0.15, 0.2) is 36.4 Å². The molecule has 0 saturated carbocycles. The number of hydrogen-bond acceptors (Lipinski definition) is 5. The van der Waals surface area contributed by atoms with E-state index in [1.807, 2.05) is 29.2 Å². The lowest BCUT2D eigenvalue weighted by Crippen LogP contribution is -2.31. The standard InChI is InChI=1S/C24H28N2O5/c1-24(2,9-10-26-19-6-4-3-5-15(19)11-22(26)30)8-7-20(28)17-12-16(27)13-18-23(17)31-14-21(29)25-18/h3-6,12-13,20,27-28H,7-11,14H2,1-2H3,(H,25,29). The fourth-order valence-corrected chi connectivity index (χ4v) is 4.24. The van der Waals surface area contributed by atoms with Crippen molar-refractivity contribution in [1.82, 2.24) is 0 Å². The summed E-state index contributed by atoms with van der Waals surface area (Å²) < 4.78 is 5.51. The number of ether oxygens (including phenoxy) is 1. The Hall–Kier alpha value is -3.06. The van der Waals surface area contributed by atoms with Gasteiger partial charge in [0.05, 0.1) is 18.2 Å². The van der Waals surface area contributed by atoms with Crippen molar-refractivity contribution < 1.29 is 24.5 Å². The number of phenols is 1. The number of hydrogen-bond donors (Lipinski definition) is 3. The largest absolute Gasteiger partial charge is 0.508 e. The summed E-state index contributed by atoms with van der Waals surface area (Å²) in [4.78, 5) is 25.8. The van der Waals surface area contributed by atoms with Gasteiger partial charge in [-0.15, -0.1) is 0 Å². The maximum atomic E-state index is 12.4. The Morgan fingerprint density at radius 1 is 1.19 bits per heavy atom. The van der Waals surface area contributed by atoms with E-state index in [0.717, 1.165) is 17.7 Å². The van der Waals surface area contributed by atoms with Crippen molar-refractivity contribution in [2.75, 3.05) is 23.4 Å². The molecule has 1 atom stereocenters. The molecule has 164 valence electrons. The van der Waals surface area contributed by atoms with Crippen LogP contribution in [0.2, 0.25) is 0 Å². The maximum Gasteiger partial charge on any atom is 0.262 e. The van der Waals surface area contributed by atoms with E-state index >= 15 is 0 Å².